The number of nitrogens with zero attached hydrogens (tertiary/aromatic N) is 5. The second kappa shape index (κ2) is 9.22. The molecular formula is C25H24N6O2. The molecule has 0 spiro atoms. The average Bonchev–Trinajstić information content (AvgIpc) is 3.36. The summed E-state index contributed by atoms with van der Waals surface area (Å²) in [6.45, 7) is 5.05. The van der Waals surface area contributed by atoms with Crippen molar-refractivity contribution < 1.29 is 9.53 Å². The topological polar surface area (TPSA) is 85.2 Å². The molecule has 1 N–H and O–H groups in total. The Kier molecular flexibility index (Phi) is 5.82. The maximum atomic E-state index is 13.0. The van der Waals surface area contributed by atoms with Crippen molar-refractivity contribution >= 4 is 17.3 Å². The maximum absolute atomic E-state index is 13.0. The summed E-state index contributed by atoms with van der Waals surface area (Å²) in [7, 11) is 0. The summed E-state index contributed by atoms with van der Waals surface area (Å²) in [5.41, 5.74) is 5.82. The molecule has 2 aromatic carbocycles. The molecule has 0 unspecified atom stereocenters. The van der Waals surface area contributed by atoms with Gasteiger partial charge in [-0.05, 0) is 55.0 Å². The molecule has 0 bridgehead atoms. The first kappa shape index (κ1) is 20.8. The Balaban J connectivity index is 1.36. The van der Waals surface area contributed by atoms with Gasteiger partial charge in [0.15, 0.2) is 0 Å². The van der Waals surface area contributed by atoms with Crippen LogP contribution in [0.4, 0.5) is 11.4 Å². The number of amides is 1. The van der Waals surface area contributed by atoms with Crippen molar-refractivity contribution in [2.24, 2.45) is 0 Å². The summed E-state index contributed by atoms with van der Waals surface area (Å²) in [5, 5.41) is 11.6. The van der Waals surface area contributed by atoms with Crippen LogP contribution in [0.2, 0.25) is 0 Å². The normalized spacial score (nSPS) is 13.7. The molecule has 8 heteroatoms. The number of rotatable bonds is 5. The standard InChI is InChI=1S/C25H24N6O2/c1-18-7-8-21(15-24(18)31-17-23(28-29-31)20-5-3-9-26-16-20)27-25(32)19-4-2-6-22(14-19)30-10-12-33-13-11-30/h2-9,14-17H,10-13H2,1H3,(H,27,32). The summed E-state index contributed by atoms with van der Waals surface area (Å²) in [6.07, 6.45) is 5.33. The van der Waals surface area contributed by atoms with E-state index in [0.29, 0.717) is 24.5 Å². The number of anilines is 2. The van der Waals surface area contributed by atoms with Gasteiger partial charge >= 0.3 is 0 Å². The third-order valence-electron chi connectivity index (χ3n) is 5.65. The van der Waals surface area contributed by atoms with Crippen molar-refractivity contribution in [1.29, 1.82) is 0 Å². The number of hydrogen-bond donors (Lipinski definition) is 1. The zero-order chi connectivity index (χ0) is 22.6. The molecule has 1 amide bonds. The van der Waals surface area contributed by atoms with Gasteiger partial charge in [-0.15, -0.1) is 5.10 Å². The van der Waals surface area contributed by atoms with Gasteiger partial charge in [-0.2, -0.15) is 0 Å². The highest BCUT2D eigenvalue weighted by atomic mass is 16.5. The quantitative estimate of drug-likeness (QED) is 0.509. The summed E-state index contributed by atoms with van der Waals surface area (Å²) < 4.78 is 7.14. The van der Waals surface area contributed by atoms with E-state index in [1.54, 1.807) is 17.1 Å². The third kappa shape index (κ3) is 4.61. The largest absolute Gasteiger partial charge is 0.378 e. The fourth-order valence-electron chi connectivity index (χ4n) is 3.83. The van der Waals surface area contributed by atoms with Crippen LogP contribution in [0.25, 0.3) is 16.9 Å². The lowest BCUT2D eigenvalue weighted by atomic mass is 10.1. The van der Waals surface area contributed by atoms with E-state index in [2.05, 4.69) is 25.5 Å². The molecule has 0 saturated carbocycles. The van der Waals surface area contributed by atoms with E-state index < -0.39 is 0 Å². The van der Waals surface area contributed by atoms with Gasteiger partial charge in [0, 0.05) is 48.0 Å². The van der Waals surface area contributed by atoms with Gasteiger partial charge in [-0.25, -0.2) is 4.68 Å². The number of carbonyl (C=O) groups excluding carboxylic acids is 1. The highest BCUT2D eigenvalue weighted by Crippen LogP contribution is 2.23. The number of carbonyl (C=O) groups is 1. The average molecular weight is 441 g/mol. The zero-order valence-corrected chi connectivity index (χ0v) is 18.3. The first-order valence-electron chi connectivity index (χ1n) is 10.9. The maximum Gasteiger partial charge on any atom is 0.255 e. The predicted molar refractivity (Wildman–Crippen MR) is 127 cm³/mol. The number of morpholine rings is 1. The van der Waals surface area contributed by atoms with E-state index in [0.717, 1.165) is 41.3 Å². The van der Waals surface area contributed by atoms with Crippen molar-refractivity contribution in [3.8, 4) is 16.9 Å². The molecule has 1 aliphatic heterocycles. The Morgan fingerprint density at radius 1 is 1.06 bits per heavy atom. The van der Waals surface area contributed by atoms with E-state index in [1.165, 1.54) is 0 Å². The molecule has 166 valence electrons. The molecule has 1 fully saturated rings. The third-order valence-corrected chi connectivity index (χ3v) is 5.65. The van der Waals surface area contributed by atoms with Crippen molar-refractivity contribution in [1.82, 2.24) is 20.0 Å². The van der Waals surface area contributed by atoms with Crippen LogP contribution in [0.15, 0.2) is 73.2 Å². The first-order valence-corrected chi connectivity index (χ1v) is 10.9. The molecule has 0 aliphatic carbocycles. The zero-order valence-electron chi connectivity index (χ0n) is 18.3. The van der Waals surface area contributed by atoms with Gasteiger partial charge in [0.25, 0.3) is 5.91 Å². The smallest absolute Gasteiger partial charge is 0.255 e. The van der Waals surface area contributed by atoms with Crippen LogP contribution in [0, 0.1) is 6.92 Å². The van der Waals surface area contributed by atoms with Gasteiger partial charge in [0.05, 0.1) is 25.1 Å². The van der Waals surface area contributed by atoms with Crippen LogP contribution in [-0.2, 0) is 4.74 Å². The van der Waals surface area contributed by atoms with E-state index in [4.69, 9.17) is 4.74 Å². The number of aromatic nitrogens is 4. The molecule has 1 aliphatic rings. The van der Waals surface area contributed by atoms with Gasteiger partial charge in [-0.1, -0.05) is 17.3 Å². The minimum atomic E-state index is -0.158. The van der Waals surface area contributed by atoms with E-state index in [-0.39, 0.29) is 5.91 Å². The summed E-state index contributed by atoms with van der Waals surface area (Å²) >= 11 is 0. The van der Waals surface area contributed by atoms with E-state index in [9.17, 15) is 4.79 Å². The van der Waals surface area contributed by atoms with Gasteiger partial charge in [-0.3, -0.25) is 9.78 Å². The summed E-state index contributed by atoms with van der Waals surface area (Å²) in [4.78, 5) is 19.3. The number of hydrogen-bond acceptors (Lipinski definition) is 6. The second-order valence-electron chi connectivity index (χ2n) is 7.90. The number of aryl methyl sites for hydroxylation is 1. The molecule has 4 aromatic rings. The Hall–Kier alpha value is -4.04. The Labute approximate surface area is 191 Å². The van der Waals surface area contributed by atoms with E-state index >= 15 is 0 Å². The number of nitrogens with one attached hydrogen (secondary N) is 1. The lowest BCUT2D eigenvalue weighted by molar-refractivity contribution is 0.102. The van der Waals surface area contributed by atoms with Gasteiger partial charge in [0.2, 0.25) is 0 Å². The lowest BCUT2D eigenvalue weighted by Gasteiger charge is -2.29. The minimum absolute atomic E-state index is 0.158. The molecule has 1 saturated heterocycles. The van der Waals surface area contributed by atoms with Gasteiger partial charge < -0.3 is 15.0 Å². The van der Waals surface area contributed by atoms with Crippen molar-refractivity contribution in [3.63, 3.8) is 0 Å². The molecule has 33 heavy (non-hydrogen) atoms. The van der Waals surface area contributed by atoms with Crippen LogP contribution in [-0.4, -0.2) is 52.2 Å². The SMILES string of the molecule is Cc1ccc(NC(=O)c2cccc(N3CCOCC3)c2)cc1-n1cc(-c2cccnc2)nn1. The van der Waals surface area contributed by atoms with Crippen LogP contribution >= 0.6 is 0 Å². The van der Waals surface area contributed by atoms with E-state index in [1.807, 2.05) is 67.7 Å². The monoisotopic (exact) mass is 440 g/mol. The molecule has 0 atom stereocenters. The molecule has 3 heterocycles. The number of ether oxygens (including phenoxy) is 1. The van der Waals surface area contributed by atoms with Crippen LogP contribution in [0.1, 0.15) is 15.9 Å². The summed E-state index contributed by atoms with van der Waals surface area (Å²) in [6, 6.07) is 17.2. The highest BCUT2D eigenvalue weighted by molar-refractivity contribution is 6.05. The molecule has 2 aromatic heterocycles. The Morgan fingerprint density at radius 3 is 2.76 bits per heavy atom. The first-order chi connectivity index (χ1) is 16.2. The van der Waals surface area contributed by atoms with Crippen molar-refractivity contribution in [2.75, 3.05) is 36.5 Å². The summed E-state index contributed by atoms with van der Waals surface area (Å²) in [5.74, 6) is -0.158. The molecule has 5 rings (SSSR count). The fraction of sp³-hybridized carbons (Fsp3) is 0.200. The second-order valence-corrected chi connectivity index (χ2v) is 7.90. The predicted octanol–water partition coefficient (Wildman–Crippen LogP) is 3.73. The van der Waals surface area contributed by atoms with Crippen LogP contribution in [0.3, 0.4) is 0 Å². The van der Waals surface area contributed by atoms with Crippen LogP contribution in [0.5, 0.6) is 0 Å². The fourth-order valence-corrected chi connectivity index (χ4v) is 3.83. The van der Waals surface area contributed by atoms with Crippen molar-refractivity contribution in [2.45, 2.75) is 6.92 Å². The molecular weight excluding hydrogens is 416 g/mol. The Morgan fingerprint density at radius 2 is 1.94 bits per heavy atom. The molecule has 8 nitrogen and oxygen atoms in total. The Bertz CT molecular complexity index is 1260. The van der Waals surface area contributed by atoms with Crippen LogP contribution < -0.4 is 10.2 Å². The number of benzene rings is 2. The minimum Gasteiger partial charge on any atom is -0.378 e. The lowest BCUT2D eigenvalue weighted by Crippen LogP contribution is -2.36. The van der Waals surface area contributed by atoms with Gasteiger partial charge in [0.1, 0.15) is 5.69 Å². The van der Waals surface area contributed by atoms with Crippen molar-refractivity contribution in [3.05, 3.63) is 84.3 Å². The molecule has 0 radical (unpaired) electrons. The highest BCUT2D eigenvalue weighted by Gasteiger charge is 2.14. The number of pyridine rings is 1.